The lowest BCUT2D eigenvalue weighted by Gasteiger charge is -2.28. The maximum atomic E-state index is 5.39. The van der Waals surface area contributed by atoms with E-state index in [4.69, 9.17) is 9.72 Å². The van der Waals surface area contributed by atoms with Crippen molar-refractivity contribution < 1.29 is 4.74 Å². The molecule has 1 aromatic carbocycles. The van der Waals surface area contributed by atoms with Crippen molar-refractivity contribution in [2.45, 2.75) is 13.5 Å². The number of para-hydroxylation sites is 2. The summed E-state index contributed by atoms with van der Waals surface area (Å²) in [6.07, 6.45) is 0. The number of hydrogen-bond acceptors (Lipinski definition) is 3. The smallest absolute Gasteiger partial charge is 0.206 e. The van der Waals surface area contributed by atoms with E-state index < -0.39 is 0 Å². The Morgan fingerprint density at radius 2 is 2.00 bits per heavy atom. The molecule has 4 heteroatoms. The van der Waals surface area contributed by atoms with Gasteiger partial charge in [-0.15, -0.1) is 0 Å². The van der Waals surface area contributed by atoms with Gasteiger partial charge in [-0.25, -0.2) is 4.98 Å². The lowest BCUT2D eigenvalue weighted by atomic mass is 10.3. The molecule has 3 rings (SSSR count). The van der Waals surface area contributed by atoms with E-state index in [0.717, 1.165) is 44.3 Å². The van der Waals surface area contributed by atoms with E-state index in [-0.39, 0.29) is 0 Å². The van der Waals surface area contributed by atoms with Crippen LogP contribution in [-0.4, -0.2) is 35.9 Å². The molecule has 2 heterocycles. The zero-order chi connectivity index (χ0) is 11.7. The van der Waals surface area contributed by atoms with Gasteiger partial charge < -0.3 is 14.2 Å². The van der Waals surface area contributed by atoms with Gasteiger partial charge in [-0.2, -0.15) is 0 Å². The monoisotopic (exact) mass is 231 g/mol. The van der Waals surface area contributed by atoms with Gasteiger partial charge in [-0.1, -0.05) is 12.1 Å². The summed E-state index contributed by atoms with van der Waals surface area (Å²) >= 11 is 0. The summed E-state index contributed by atoms with van der Waals surface area (Å²) in [6, 6.07) is 8.32. The normalized spacial score (nSPS) is 16.6. The fourth-order valence-electron chi connectivity index (χ4n) is 2.38. The zero-order valence-corrected chi connectivity index (χ0v) is 10.1. The molecule has 0 saturated carbocycles. The molecular formula is C13H17N3O. The second kappa shape index (κ2) is 4.37. The Kier molecular flexibility index (Phi) is 2.73. The first-order valence-electron chi connectivity index (χ1n) is 6.18. The highest BCUT2D eigenvalue weighted by molar-refractivity contribution is 5.78. The highest BCUT2D eigenvalue weighted by Crippen LogP contribution is 2.22. The van der Waals surface area contributed by atoms with Gasteiger partial charge in [0.25, 0.3) is 0 Å². The summed E-state index contributed by atoms with van der Waals surface area (Å²) < 4.78 is 7.67. The molecule has 1 aliphatic heterocycles. The number of aryl methyl sites for hydroxylation is 1. The number of rotatable bonds is 2. The molecule has 90 valence electrons. The molecule has 0 bridgehead atoms. The summed E-state index contributed by atoms with van der Waals surface area (Å²) in [5.41, 5.74) is 2.30. The molecule has 1 aliphatic rings. The highest BCUT2D eigenvalue weighted by atomic mass is 16.5. The molecule has 1 fully saturated rings. The summed E-state index contributed by atoms with van der Waals surface area (Å²) in [7, 11) is 0. The van der Waals surface area contributed by atoms with Crippen LogP contribution in [0.5, 0.6) is 0 Å². The van der Waals surface area contributed by atoms with Crippen LogP contribution in [0.15, 0.2) is 24.3 Å². The average Bonchev–Trinajstić information content (AvgIpc) is 2.78. The Hall–Kier alpha value is -1.55. The Morgan fingerprint density at radius 1 is 1.24 bits per heavy atom. The van der Waals surface area contributed by atoms with Crippen molar-refractivity contribution in [1.82, 2.24) is 9.55 Å². The van der Waals surface area contributed by atoms with Gasteiger partial charge in [-0.3, -0.25) is 0 Å². The molecule has 0 amide bonds. The number of fused-ring (bicyclic) bond motifs is 1. The predicted octanol–water partition coefficient (Wildman–Crippen LogP) is 1.89. The van der Waals surface area contributed by atoms with Crippen LogP contribution in [0, 0.1) is 0 Å². The van der Waals surface area contributed by atoms with E-state index in [1.165, 1.54) is 5.52 Å². The summed E-state index contributed by atoms with van der Waals surface area (Å²) in [5, 5.41) is 0. The maximum Gasteiger partial charge on any atom is 0.206 e. The van der Waals surface area contributed by atoms with E-state index in [0.29, 0.717) is 0 Å². The van der Waals surface area contributed by atoms with E-state index in [9.17, 15) is 0 Å². The van der Waals surface area contributed by atoms with Gasteiger partial charge in [-0.05, 0) is 19.1 Å². The van der Waals surface area contributed by atoms with Crippen molar-refractivity contribution in [3.63, 3.8) is 0 Å². The van der Waals surface area contributed by atoms with E-state index >= 15 is 0 Å². The fraction of sp³-hybridized carbons (Fsp3) is 0.462. The molecule has 0 radical (unpaired) electrons. The Bertz CT molecular complexity index is 514. The van der Waals surface area contributed by atoms with Gasteiger partial charge in [0.1, 0.15) is 0 Å². The Labute approximate surface area is 101 Å². The molecule has 2 aromatic rings. The van der Waals surface area contributed by atoms with Crippen LogP contribution < -0.4 is 4.90 Å². The minimum absolute atomic E-state index is 0.799. The van der Waals surface area contributed by atoms with Crippen molar-refractivity contribution in [2.75, 3.05) is 31.2 Å². The van der Waals surface area contributed by atoms with Crippen LogP contribution >= 0.6 is 0 Å². The number of hydrogen-bond donors (Lipinski definition) is 0. The molecule has 0 unspecified atom stereocenters. The molecule has 4 nitrogen and oxygen atoms in total. The third-order valence-electron chi connectivity index (χ3n) is 3.24. The van der Waals surface area contributed by atoms with Crippen molar-refractivity contribution in [1.29, 1.82) is 0 Å². The van der Waals surface area contributed by atoms with E-state index in [2.05, 4.69) is 34.6 Å². The molecule has 0 atom stereocenters. The number of ether oxygens (including phenoxy) is 1. The lowest BCUT2D eigenvalue weighted by Crippen LogP contribution is -2.37. The Balaban J connectivity index is 2.08. The van der Waals surface area contributed by atoms with Gasteiger partial charge in [0, 0.05) is 19.6 Å². The molecule has 1 aromatic heterocycles. The highest BCUT2D eigenvalue weighted by Gasteiger charge is 2.18. The minimum atomic E-state index is 0.799. The van der Waals surface area contributed by atoms with Gasteiger partial charge in [0.2, 0.25) is 5.95 Å². The number of imidazole rings is 1. The van der Waals surface area contributed by atoms with Gasteiger partial charge in [0.05, 0.1) is 24.2 Å². The number of aromatic nitrogens is 2. The van der Waals surface area contributed by atoms with Gasteiger partial charge >= 0.3 is 0 Å². The van der Waals surface area contributed by atoms with Crippen molar-refractivity contribution in [3.8, 4) is 0 Å². The molecule has 17 heavy (non-hydrogen) atoms. The number of nitrogens with zero attached hydrogens (tertiary/aromatic N) is 3. The number of benzene rings is 1. The van der Waals surface area contributed by atoms with Crippen LogP contribution in [-0.2, 0) is 11.3 Å². The summed E-state index contributed by atoms with van der Waals surface area (Å²) in [4.78, 5) is 7.05. The number of anilines is 1. The molecule has 0 aliphatic carbocycles. The quantitative estimate of drug-likeness (QED) is 0.790. The first kappa shape index (κ1) is 10.6. The van der Waals surface area contributed by atoms with Crippen molar-refractivity contribution in [3.05, 3.63) is 24.3 Å². The summed E-state index contributed by atoms with van der Waals surface area (Å²) in [6.45, 7) is 6.58. The second-order valence-corrected chi connectivity index (χ2v) is 4.24. The van der Waals surface area contributed by atoms with Crippen LogP contribution in [0.1, 0.15) is 6.92 Å². The van der Waals surface area contributed by atoms with Crippen LogP contribution in [0.25, 0.3) is 11.0 Å². The average molecular weight is 231 g/mol. The molecule has 1 saturated heterocycles. The van der Waals surface area contributed by atoms with Gasteiger partial charge in [0.15, 0.2) is 0 Å². The predicted molar refractivity (Wildman–Crippen MR) is 68.4 cm³/mol. The minimum Gasteiger partial charge on any atom is -0.378 e. The van der Waals surface area contributed by atoms with Crippen LogP contribution in [0.2, 0.25) is 0 Å². The standard InChI is InChI=1S/C13H17N3O/c1-2-16-12-6-4-3-5-11(12)14-13(16)15-7-9-17-10-8-15/h3-6H,2,7-10H2,1H3. The first-order chi connectivity index (χ1) is 8.40. The zero-order valence-electron chi connectivity index (χ0n) is 10.1. The lowest BCUT2D eigenvalue weighted by molar-refractivity contribution is 0.121. The fourth-order valence-corrected chi connectivity index (χ4v) is 2.38. The van der Waals surface area contributed by atoms with Crippen LogP contribution in [0.4, 0.5) is 5.95 Å². The SMILES string of the molecule is CCn1c(N2CCOCC2)nc2ccccc21. The van der Waals surface area contributed by atoms with Crippen molar-refractivity contribution in [2.24, 2.45) is 0 Å². The topological polar surface area (TPSA) is 30.3 Å². The third kappa shape index (κ3) is 1.78. The number of morpholine rings is 1. The Morgan fingerprint density at radius 3 is 2.76 bits per heavy atom. The molecule has 0 spiro atoms. The van der Waals surface area contributed by atoms with Crippen molar-refractivity contribution >= 4 is 17.0 Å². The third-order valence-corrected chi connectivity index (χ3v) is 3.24. The molecular weight excluding hydrogens is 214 g/mol. The van der Waals surface area contributed by atoms with E-state index in [1.807, 2.05) is 6.07 Å². The van der Waals surface area contributed by atoms with E-state index in [1.54, 1.807) is 0 Å². The maximum absolute atomic E-state index is 5.39. The first-order valence-corrected chi connectivity index (χ1v) is 6.18. The molecule has 0 N–H and O–H groups in total. The summed E-state index contributed by atoms with van der Waals surface area (Å²) in [5.74, 6) is 1.08. The van der Waals surface area contributed by atoms with Crippen LogP contribution in [0.3, 0.4) is 0 Å². The second-order valence-electron chi connectivity index (χ2n) is 4.24. The largest absolute Gasteiger partial charge is 0.378 e.